The van der Waals surface area contributed by atoms with Gasteiger partial charge in [-0.15, -0.1) is 0 Å². The van der Waals surface area contributed by atoms with E-state index in [1.165, 1.54) is 25.3 Å². The molecule has 1 N–H and O–H groups in total. The van der Waals surface area contributed by atoms with Crippen molar-refractivity contribution in [3.63, 3.8) is 0 Å². The highest BCUT2D eigenvalue weighted by Crippen LogP contribution is 2.37. The van der Waals surface area contributed by atoms with Crippen molar-refractivity contribution >= 4 is 17.6 Å². The number of ether oxygens (including phenoxy) is 2. The third kappa shape index (κ3) is 9.26. The number of hydrogen-bond acceptors (Lipinski definition) is 5. The molecule has 0 aromatic heterocycles. The average Bonchev–Trinajstić information content (AvgIpc) is 3.21. The lowest BCUT2D eigenvalue weighted by Gasteiger charge is -2.43. The lowest BCUT2D eigenvalue weighted by atomic mass is 9.84. The monoisotopic (exact) mass is 722 g/mol. The summed E-state index contributed by atoms with van der Waals surface area (Å²) < 4.78 is 11.1. The van der Waals surface area contributed by atoms with Gasteiger partial charge in [0.2, 0.25) is 5.91 Å². The van der Waals surface area contributed by atoms with E-state index in [1.54, 1.807) is 17.0 Å². The number of fused-ring (bicyclic) bond motifs is 1. The van der Waals surface area contributed by atoms with Gasteiger partial charge in [0.05, 0.1) is 20.3 Å². The summed E-state index contributed by atoms with van der Waals surface area (Å²) in [6, 6.07) is 40.3. The van der Waals surface area contributed by atoms with E-state index in [1.807, 2.05) is 73.7 Å². The molecule has 2 atom stereocenters. The van der Waals surface area contributed by atoms with E-state index in [9.17, 15) is 14.4 Å². The first kappa shape index (κ1) is 38.0. The molecule has 0 spiro atoms. The van der Waals surface area contributed by atoms with E-state index in [0.717, 1.165) is 60.8 Å². The Hall–Kier alpha value is -5.69. The molecular weight excluding hydrogens is 673 g/mol. The van der Waals surface area contributed by atoms with Crippen LogP contribution in [0.1, 0.15) is 75.5 Å². The van der Waals surface area contributed by atoms with Crippen LogP contribution in [0.5, 0.6) is 11.5 Å². The lowest BCUT2D eigenvalue weighted by molar-refractivity contribution is -0.141. The SMILES string of the molecule is COc1cc(C(=O)C(=O)N2[C@H](C(=O)NC(CCCc3ccccc3)CCCc3ccccc3)Cc3ccccc3[C@@H]2Cc2ccccc2)cc(OC)c1C. The Bertz CT molecular complexity index is 1940. The Morgan fingerprint density at radius 3 is 1.74 bits per heavy atom. The number of carbonyl (C=O) groups is 3. The van der Waals surface area contributed by atoms with Crippen LogP contribution in [0.25, 0.3) is 0 Å². The van der Waals surface area contributed by atoms with Crippen molar-refractivity contribution in [3.8, 4) is 11.5 Å². The van der Waals surface area contributed by atoms with Crippen molar-refractivity contribution in [1.82, 2.24) is 10.2 Å². The lowest BCUT2D eigenvalue weighted by Crippen LogP contribution is -2.57. The zero-order valence-electron chi connectivity index (χ0n) is 31.5. The molecular formula is C47H50N2O5. The van der Waals surface area contributed by atoms with Crippen molar-refractivity contribution in [2.75, 3.05) is 14.2 Å². The molecule has 0 saturated heterocycles. The number of carbonyl (C=O) groups excluding carboxylic acids is 3. The number of nitrogens with one attached hydrogen (secondary N) is 1. The molecule has 5 aromatic rings. The van der Waals surface area contributed by atoms with Crippen LogP contribution in [0.2, 0.25) is 0 Å². The predicted octanol–water partition coefficient (Wildman–Crippen LogP) is 8.46. The standard InChI is InChI=1S/C47H50N2O5/c1-33-43(53-2)31-38(32-44(33)54-3)45(50)47(52)49-41(29-36-21-11-6-12-22-36)40-28-14-13-25-37(40)30-42(49)46(51)48-39(26-15-23-34-17-7-4-8-18-34)27-16-24-35-19-9-5-10-20-35/h4-14,17-22,25,28,31-32,39,41-42H,15-16,23-24,26-27,29-30H2,1-3H3,(H,48,51)/t41-,42-/m0/s1. The van der Waals surface area contributed by atoms with Crippen LogP contribution in [-0.4, -0.2) is 48.8 Å². The number of methoxy groups -OCH3 is 2. The number of amides is 2. The van der Waals surface area contributed by atoms with E-state index in [2.05, 4.69) is 53.8 Å². The fourth-order valence-electron chi connectivity index (χ4n) is 7.71. The first-order valence-corrected chi connectivity index (χ1v) is 19.0. The first-order valence-electron chi connectivity index (χ1n) is 19.0. The number of Topliss-reactive ketones (excluding diaryl/α,β-unsaturated/α-hetero) is 1. The van der Waals surface area contributed by atoms with Crippen LogP contribution in [0, 0.1) is 6.92 Å². The van der Waals surface area contributed by atoms with Gasteiger partial charge in [-0.05, 0) is 91.8 Å². The van der Waals surface area contributed by atoms with Gasteiger partial charge in [-0.1, -0.05) is 115 Å². The summed E-state index contributed by atoms with van der Waals surface area (Å²) in [6.07, 6.45) is 5.95. The fraction of sp³-hybridized carbons (Fsp3) is 0.298. The first-order chi connectivity index (χ1) is 26.4. The summed E-state index contributed by atoms with van der Waals surface area (Å²) >= 11 is 0. The minimum Gasteiger partial charge on any atom is -0.496 e. The second kappa shape index (κ2) is 18.4. The zero-order chi connectivity index (χ0) is 37.9. The second-order valence-electron chi connectivity index (χ2n) is 14.1. The van der Waals surface area contributed by atoms with Crippen LogP contribution < -0.4 is 14.8 Å². The Morgan fingerprint density at radius 2 is 1.20 bits per heavy atom. The maximum atomic E-state index is 14.8. The molecule has 54 heavy (non-hydrogen) atoms. The average molecular weight is 723 g/mol. The largest absolute Gasteiger partial charge is 0.496 e. The van der Waals surface area contributed by atoms with Crippen molar-refractivity contribution in [2.24, 2.45) is 0 Å². The molecule has 7 nitrogen and oxygen atoms in total. The number of nitrogens with zero attached hydrogens (tertiary/aromatic N) is 1. The van der Waals surface area contributed by atoms with Crippen LogP contribution in [0.3, 0.4) is 0 Å². The summed E-state index contributed by atoms with van der Waals surface area (Å²) in [5.41, 5.74) is 6.34. The van der Waals surface area contributed by atoms with Crippen LogP contribution in [0.15, 0.2) is 127 Å². The Kier molecular flexibility index (Phi) is 12.9. The minimum atomic E-state index is -0.898. The molecule has 0 bridgehead atoms. The van der Waals surface area contributed by atoms with Gasteiger partial charge in [0.25, 0.3) is 11.7 Å². The summed E-state index contributed by atoms with van der Waals surface area (Å²) in [5, 5.41) is 3.40. The van der Waals surface area contributed by atoms with E-state index >= 15 is 0 Å². The highest BCUT2D eigenvalue weighted by molar-refractivity contribution is 6.43. The predicted molar refractivity (Wildman–Crippen MR) is 213 cm³/mol. The van der Waals surface area contributed by atoms with E-state index in [-0.39, 0.29) is 17.5 Å². The third-order valence-corrected chi connectivity index (χ3v) is 10.6. The second-order valence-corrected chi connectivity index (χ2v) is 14.1. The van der Waals surface area contributed by atoms with Gasteiger partial charge < -0.3 is 19.7 Å². The Balaban J connectivity index is 1.32. The number of ketones is 1. The van der Waals surface area contributed by atoms with Gasteiger partial charge in [-0.25, -0.2) is 0 Å². The molecule has 6 rings (SSSR count). The van der Waals surface area contributed by atoms with E-state index in [4.69, 9.17) is 9.47 Å². The van der Waals surface area contributed by atoms with Crippen molar-refractivity contribution in [3.05, 3.63) is 166 Å². The maximum Gasteiger partial charge on any atom is 0.296 e. The summed E-state index contributed by atoms with van der Waals surface area (Å²) in [7, 11) is 3.04. The summed E-state index contributed by atoms with van der Waals surface area (Å²) in [4.78, 5) is 45.4. The maximum absolute atomic E-state index is 14.8. The van der Waals surface area contributed by atoms with Gasteiger partial charge in [0.15, 0.2) is 0 Å². The summed E-state index contributed by atoms with van der Waals surface area (Å²) in [5.74, 6) is -0.809. The van der Waals surface area contributed by atoms with E-state index in [0.29, 0.717) is 24.3 Å². The molecule has 0 saturated carbocycles. The van der Waals surface area contributed by atoms with Gasteiger partial charge in [0, 0.05) is 23.6 Å². The molecule has 5 aromatic carbocycles. The van der Waals surface area contributed by atoms with Crippen molar-refractivity contribution in [2.45, 2.75) is 76.4 Å². The third-order valence-electron chi connectivity index (χ3n) is 10.6. The zero-order valence-corrected chi connectivity index (χ0v) is 31.5. The van der Waals surface area contributed by atoms with Gasteiger partial charge >= 0.3 is 0 Å². The number of hydrogen-bond donors (Lipinski definition) is 1. The fourth-order valence-corrected chi connectivity index (χ4v) is 7.71. The molecule has 1 aliphatic heterocycles. The summed E-state index contributed by atoms with van der Waals surface area (Å²) in [6.45, 7) is 1.84. The molecule has 2 amide bonds. The van der Waals surface area contributed by atoms with Crippen molar-refractivity contribution in [1.29, 1.82) is 0 Å². The van der Waals surface area contributed by atoms with Crippen molar-refractivity contribution < 1.29 is 23.9 Å². The molecule has 7 heteroatoms. The number of benzene rings is 5. The van der Waals surface area contributed by atoms with Gasteiger partial charge in [-0.2, -0.15) is 0 Å². The quantitative estimate of drug-likeness (QED) is 0.0817. The molecule has 1 aliphatic rings. The molecule has 0 radical (unpaired) electrons. The van der Waals surface area contributed by atoms with Crippen LogP contribution in [-0.2, 0) is 35.3 Å². The number of rotatable bonds is 16. The molecule has 1 heterocycles. The molecule has 0 fully saturated rings. The smallest absolute Gasteiger partial charge is 0.296 e. The highest BCUT2D eigenvalue weighted by Gasteiger charge is 2.43. The molecule has 0 unspecified atom stereocenters. The van der Waals surface area contributed by atoms with Crippen LogP contribution >= 0.6 is 0 Å². The number of aryl methyl sites for hydroxylation is 2. The molecule has 0 aliphatic carbocycles. The highest BCUT2D eigenvalue weighted by atomic mass is 16.5. The van der Waals surface area contributed by atoms with Crippen LogP contribution in [0.4, 0.5) is 0 Å². The Labute approximate surface area is 319 Å². The van der Waals surface area contributed by atoms with Gasteiger partial charge in [0.1, 0.15) is 17.5 Å². The minimum absolute atomic E-state index is 0.104. The Morgan fingerprint density at radius 1 is 0.704 bits per heavy atom. The topological polar surface area (TPSA) is 84.9 Å². The van der Waals surface area contributed by atoms with E-state index < -0.39 is 23.8 Å². The van der Waals surface area contributed by atoms with Gasteiger partial charge in [-0.3, -0.25) is 14.4 Å². The normalized spacial score (nSPS) is 15.0. The molecule has 278 valence electrons.